The van der Waals surface area contributed by atoms with Crippen LogP contribution >= 0.6 is 11.6 Å². The van der Waals surface area contributed by atoms with Crippen molar-refractivity contribution in [2.24, 2.45) is 5.92 Å². The van der Waals surface area contributed by atoms with Gasteiger partial charge in [0.25, 0.3) is 0 Å². The van der Waals surface area contributed by atoms with E-state index < -0.39 is 12.0 Å². The van der Waals surface area contributed by atoms with Crippen LogP contribution < -0.4 is 5.32 Å². The predicted octanol–water partition coefficient (Wildman–Crippen LogP) is 1.46. The van der Waals surface area contributed by atoms with Gasteiger partial charge in [0.05, 0.1) is 0 Å². The van der Waals surface area contributed by atoms with Gasteiger partial charge in [-0.3, -0.25) is 4.79 Å². The van der Waals surface area contributed by atoms with Gasteiger partial charge in [-0.25, -0.2) is 0 Å². The Morgan fingerprint density at radius 2 is 2.46 bits per heavy atom. The van der Waals surface area contributed by atoms with E-state index in [1.54, 1.807) is 6.92 Å². The summed E-state index contributed by atoms with van der Waals surface area (Å²) in [5, 5.41) is 11.7. The van der Waals surface area contributed by atoms with Gasteiger partial charge in [-0.15, -0.1) is 11.6 Å². The highest BCUT2D eigenvalue weighted by Crippen LogP contribution is 2.34. The molecule has 0 radical (unpaired) electrons. The van der Waals surface area contributed by atoms with Gasteiger partial charge in [0, 0.05) is 11.9 Å². The van der Waals surface area contributed by atoms with Crippen molar-refractivity contribution in [3.63, 3.8) is 0 Å². The fourth-order valence-electron chi connectivity index (χ4n) is 1.50. The van der Waals surface area contributed by atoms with E-state index in [1.165, 1.54) is 0 Å². The summed E-state index contributed by atoms with van der Waals surface area (Å²) >= 11 is 5.56. The number of hydrogen-bond donors (Lipinski definition) is 2. The van der Waals surface area contributed by atoms with Crippen LogP contribution in [0.4, 0.5) is 0 Å². The highest BCUT2D eigenvalue weighted by Gasteiger charge is 2.37. The van der Waals surface area contributed by atoms with Crippen LogP contribution in [0.2, 0.25) is 0 Å². The Morgan fingerprint density at radius 3 is 3.00 bits per heavy atom. The number of carbonyl (C=O) groups is 1. The van der Waals surface area contributed by atoms with Crippen LogP contribution in [0.3, 0.4) is 0 Å². The summed E-state index contributed by atoms with van der Waals surface area (Å²) in [5.74, 6) is 0.584. The Morgan fingerprint density at radius 1 is 1.77 bits per heavy atom. The van der Waals surface area contributed by atoms with Gasteiger partial charge < -0.3 is 10.4 Å². The number of hydrogen-bond acceptors (Lipinski definition) is 2. The first-order chi connectivity index (χ1) is 6.15. The van der Waals surface area contributed by atoms with Gasteiger partial charge in [-0.05, 0) is 32.1 Å². The minimum Gasteiger partial charge on any atom is -0.480 e. The van der Waals surface area contributed by atoms with Crippen molar-refractivity contribution in [2.75, 3.05) is 5.88 Å². The van der Waals surface area contributed by atoms with E-state index >= 15 is 0 Å². The molecule has 2 unspecified atom stereocenters. The van der Waals surface area contributed by atoms with Crippen LogP contribution in [0.15, 0.2) is 0 Å². The second-order valence-electron chi connectivity index (χ2n) is 3.66. The highest BCUT2D eigenvalue weighted by molar-refractivity contribution is 6.17. The first-order valence-electron chi connectivity index (χ1n) is 4.70. The minimum atomic E-state index is -0.775. The van der Waals surface area contributed by atoms with Gasteiger partial charge in [-0.2, -0.15) is 0 Å². The molecule has 0 amide bonds. The van der Waals surface area contributed by atoms with Gasteiger partial charge in [0.2, 0.25) is 0 Å². The lowest BCUT2D eigenvalue weighted by Crippen LogP contribution is -2.35. The number of rotatable bonds is 6. The summed E-state index contributed by atoms with van der Waals surface area (Å²) in [5.41, 5.74) is 0. The minimum absolute atomic E-state index is 0.411. The van der Waals surface area contributed by atoms with E-state index in [1.807, 2.05) is 0 Å². The first kappa shape index (κ1) is 10.8. The molecule has 0 heterocycles. The second-order valence-corrected chi connectivity index (χ2v) is 4.04. The fraction of sp³-hybridized carbons (Fsp3) is 0.889. The maximum atomic E-state index is 10.5. The maximum Gasteiger partial charge on any atom is 0.320 e. The zero-order valence-corrected chi connectivity index (χ0v) is 8.55. The lowest BCUT2D eigenvalue weighted by molar-refractivity contribution is -0.139. The molecule has 0 aromatic carbocycles. The molecular formula is C9H16ClNO2. The smallest absolute Gasteiger partial charge is 0.320 e. The number of alkyl halides is 1. The number of carboxylic acid groups (broad SMARTS) is 1. The predicted molar refractivity (Wildman–Crippen MR) is 52.1 cm³/mol. The van der Waals surface area contributed by atoms with Crippen molar-refractivity contribution in [3.05, 3.63) is 0 Å². The van der Waals surface area contributed by atoms with Crippen molar-refractivity contribution < 1.29 is 9.90 Å². The third-order valence-corrected chi connectivity index (χ3v) is 2.73. The van der Waals surface area contributed by atoms with Crippen molar-refractivity contribution in [2.45, 2.75) is 38.3 Å². The molecule has 3 atom stereocenters. The van der Waals surface area contributed by atoms with Crippen LogP contribution in [0.25, 0.3) is 0 Å². The summed E-state index contributed by atoms with van der Waals surface area (Å²) in [4.78, 5) is 10.5. The zero-order valence-electron chi connectivity index (χ0n) is 7.79. The van der Waals surface area contributed by atoms with Crippen molar-refractivity contribution in [1.29, 1.82) is 0 Å². The quantitative estimate of drug-likeness (QED) is 0.646. The monoisotopic (exact) mass is 205 g/mol. The standard InChI is InChI=1S/C9H16ClNO2/c1-6(9(12)13)11-8-5-7(8)3-2-4-10/h6-8,11H,2-5H2,1H3,(H,12,13)/t6-,7?,8?/m0/s1. The lowest BCUT2D eigenvalue weighted by Gasteiger charge is -2.07. The van der Waals surface area contributed by atoms with Crippen molar-refractivity contribution >= 4 is 17.6 Å². The van der Waals surface area contributed by atoms with Crippen LogP contribution in [-0.2, 0) is 4.79 Å². The molecule has 76 valence electrons. The molecule has 13 heavy (non-hydrogen) atoms. The Bertz CT molecular complexity index is 186. The molecule has 1 saturated carbocycles. The van der Waals surface area contributed by atoms with E-state index in [0.29, 0.717) is 17.8 Å². The SMILES string of the molecule is C[C@H](NC1CC1CCCCl)C(=O)O. The normalized spacial score (nSPS) is 28.5. The number of aliphatic carboxylic acids is 1. The molecule has 0 aliphatic heterocycles. The Balaban J connectivity index is 2.10. The summed E-state index contributed by atoms with van der Waals surface area (Å²) in [6.07, 6.45) is 3.26. The summed E-state index contributed by atoms with van der Waals surface area (Å²) in [6, 6.07) is -0.0136. The molecular weight excluding hydrogens is 190 g/mol. The second kappa shape index (κ2) is 4.82. The number of carboxylic acids is 1. The molecule has 1 aliphatic rings. The molecule has 0 aromatic heterocycles. The van der Waals surface area contributed by atoms with E-state index in [-0.39, 0.29) is 0 Å². The average molecular weight is 206 g/mol. The molecule has 0 spiro atoms. The Hall–Kier alpha value is -0.280. The average Bonchev–Trinajstić information content (AvgIpc) is 2.80. The molecule has 1 aliphatic carbocycles. The van der Waals surface area contributed by atoms with Gasteiger partial charge >= 0.3 is 5.97 Å². The van der Waals surface area contributed by atoms with Crippen molar-refractivity contribution in [1.82, 2.24) is 5.32 Å². The summed E-state index contributed by atoms with van der Waals surface area (Å²) in [6.45, 7) is 1.68. The van der Waals surface area contributed by atoms with Crippen LogP contribution in [0.5, 0.6) is 0 Å². The molecule has 1 fully saturated rings. The first-order valence-corrected chi connectivity index (χ1v) is 5.23. The van der Waals surface area contributed by atoms with Gasteiger partial charge in [0.1, 0.15) is 6.04 Å². The van der Waals surface area contributed by atoms with Crippen LogP contribution in [0, 0.1) is 5.92 Å². The van der Waals surface area contributed by atoms with E-state index in [9.17, 15) is 4.79 Å². The number of nitrogens with one attached hydrogen (secondary N) is 1. The lowest BCUT2D eigenvalue weighted by atomic mass is 10.2. The number of halogens is 1. The van der Waals surface area contributed by atoms with Gasteiger partial charge in [0.15, 0.2) is 0 Å². The van der Waals surface area contributed by atoms with E-state index in [0.717, 1.165) is 19.3 Å². The molecule has 0 bridgehead atoms. The molecule has 3 nitrogen and oxygen atoms in total. The molecule has 0 aromatic rings. The van der Waals surface area contributed by atoms with Crippen LogP contribution in [0.1, 0.15) is 26.2 Å². The van der Waals surface area contributed by atoms with E-state index in [4.69, 9.17) is 16.7 Å². The third-order valence-electron chi connectivity index (χ3n) is 2.47. The molecule has 0 saturated heterocycles. The zero-order chi connectivity index (χ0) is 9.84. The highest BCUT2D eigenvalue weighted by atomic mass is 35.5. The molecule has 4 heteroatoms. The Kier molecular flexibility index (Phi) is 4.00. The summed E-state index contributed by atoms with van der Waals surface area (Å²) in [7, 11) is 0. The van der Waals surface area contributed by atoms with Gasteiger partial charge in [-0.1, -0.05) is 0 Å². The van der Waals surface area contributed by atoms with E-state index in [2.05, 4.69) is 5.32 Å². The largest absolute Gasteiger partial charge is 0.480 e. The molecule has 2 N–H and O–H groups in total. The summed E-state index contributed by atoms with van der Waals surface area (Å²) < 4.78 is 0. The third kappa shape index (κ3) is 3.53. The maximum absolute atomic E-state index is 10.5. The fourth-order valence-corrected chi connectivity index (χ4v) is 1.66. The topological polar surface area (TPSA) is 49.3 Å². The van der Waals surface area contributed by atoms with Crippen molar-refractivity contribution in [3.8, 4) is 0 Å². The molecule has 1 rings (SSSR count). The van der Waals surface area contributed by atoms with Crippen LogP contribution in [-0.4, -0.2) is 29.0 Å². The Labute approximate surface area is 83.5 Å².